The first kappa shape index (κ1) is 14.9. The van der Waals surface area contributed by atoms with Crippen molar-refractivity contribution >= 4 is 23.8 Å². The smallest absolute Gasteiger partial charge is 0.441 e. The van der Waals surface area contributed by atoms with Gasteiger partial charge in [0.1, 0.15) is 0 Å². The van der Waals surface area contributed by atoms with Crippen LogP contribution in [0.5, 0.6) is 0 Å². The number of hydrogen-bond donors (Lipinski definition) is 3. The average Bonchev–Trinajstić information content (AvgIpc) is 2.10. The molecule has 94 valence electrons. The lowest BCUT2D eigenvalue weighted by molar-refractivity contribution is -0.136. The van der Waals surface area contributed by atoms with Crippen molar-refractivity contribution in [3.63, 3.8) is 0 Å². The Kier molecular flexibility index (Phi) is 6.70. The van der Waals surface area contributed by atoms with E-state index in [1.165, 1.54) is 0 Å². The molecule has 0 radical (unpaired) electrons. The quantitative estimate of drug-likeness (QED) is 0.623. The Bertz CT molecular complexity index is 248. The molecule has 0 heterocycles. The van der Waals surface area contributed by atoms with Gasteiger partial charge in [-0.3, -0.25) is 4.79 Å². The van der Waals surface area contributed by atoms with E-state index in [1.807, 2.05) is 0 Å². The van der Waals surface area contributed by atoms with Crippen molar-refractivity contribution < 1.29 is 27.9 Å². The van der Waals surface area contributed by atoms with Crippen LogP contribution in [0.1, 0.15) is 6.42 Å². The number of carbonyl (C=O) groups excluding carboxylic acids is 1. The Morgan fingerprint density at radius 2 is 1.75 bits per heavy atom. The number of nitrogens with one attached hydrogen (secondary N) is 2. The average molecular weight is 260 g/mol. The van der Waals surface area contributed by atoms with Gasteiger partial charge < -0.3 is 15.7 Å². The van der Waals surface area contributed by atoms with E-state index in [9.17, 15) is 22.8 Å². The molecule has 0 saturated heterocycles. The summed E-state index contributed by atoms with van der Waals surface area (Å²) in [6, 6.07) is -0.677. The SMILES string of the molecule is O=C(O)CCNC(=O)NCCSC(F)(F)F. The number of rotatable bonds is 6. The minimum Gasteiger partial charge on any atom is -0.481 e. The van der Waals surface area contributed by atoms with E-state index in [0.717, 1.165) is 0 Å². The zero-order valence-corrected chi connectivity index (χ0v) is 8.95. The molecule has 0 aromatic heterocycles. The molecule has 0 aliphatic carbocycles. The highest BCUT2D eigenvalue weighted by Gasteiger charge is 2.27. The predicted octanol–water partition coefficient (Wildman–Crippen LogP) is 1.01. The second-order valence-electron chi connectivity index (χ2n) is 2.62. The van der Waals surface area contributed by atoms with E-state index in [4.69, 9.17) is 5.11 Å². The Morgan fingerprint density at radius 3 is 2.25 bits per heavy atom. The predicted molar refractivity (Wildman–Crippen MR) is 52.2 cm³/mol. The van der Waals surface area contributed by atoms with Crippen molar-refractivity contribution in [3.8, 4) is 0 Å². The molecule has 0 unspecified atom stereocenters. The highest BCUT2D eigenvalue weighted by molar-refractivity contribution is 8.00. The first-order chi connectivity index (χ1) is 7.31. The topological polar surface area (TPSA) is 78.4 Å². The third-order valence-corrected chi connectivity index (χ3v) is 2.01. The van der Waals surface area contributed by atoms with Crippen LogP contribution in [0.4, 0.5) is 18.0 Å². The van der Waals surface area contributed by atoms with Crippen LogP contribution in [0, 0.1) is 0 Å². The lowest BCUT2D eigenvalue weighted by atomic mass is 10.4. The van der Waals surface area contributed by atoms with E-state index >= 15 is 0 Å². The largest absolute Gasteiger partial charge is 0.481 e. The number of carbonyl (C=O) groups is 2. The number of aliphatic carboxylic acids is 1. The van der Waals surface area contributed by atoms with Crippen molar-refractivity contribution in [1.29, 1.82) is 0 Å². The molecule has 0 aliphatic rings. The van der Waals surface area contributed by atoms with Gasteiger partial charge in [-0.25, -0.2) is 4.79 Å². The molecule has 0 aromatic carbocycles. The zero-order valence-electron chi connectivity index (χ0n) is 8.13. The summed E-state index contributed by atoms with van der Waals surface area (Å²) in [5.74, 6) is -1.34. The maximum Gasteiger partial charge on any atom is 0.441 e. The molecular formula is C7H11F3N2O3S. The molecule has 9 heteroatoms. The normalized spacial score (nSPS) is 10.9. The number of carboxylic acids is 1. The number of alkyl halides is 3. The van der Waals surface area contributed by atoms with Crippen LogP contribution < -0.4 is 10.6 Å². The number of halogens is 3. The molecule has 0 saturated carbocycles. The van der Waals surface area contributed by atoms with Crippen molar-refractivity contribution in [2.75, 3.05) is 18.8 Å². The summed E-state index contributed by atoms with van der Waals surface area (Å²) >= 11 is -0.232. The number of carboxylic acid groups (broad SMARTS) is 1. The van der Waals surface area contributed by atoms with E-state index in [-0.39, 0.29) is 37.0 Å². The summed E-state index contributed by atoms with van der Waals surface area (Å²) in [5, 5.41) is 12.6. The highest BCUT2D eigenvalue weighted by Crippen LogP contribution is 2.29. The summed E-state index contributed by atoms with van der Waals surface area (Å²) < 4.78 is 34.9. The standard InChI is InChI=1S/C7H11F3N2O3S/c8-7(9,10)16-4-3-12-6(15)11-2-1-5(13)14/h1-4H2,(H,13,14)(H2,11,12,15). The van der Waals surface area contributed by atoms with Gasteiger partial charge in [0.25, 0.3) is 0 Å². The van der Waals surface area contributed by atoms with E-state index in [2.05, 4.69) is 10.6 Å². The zero-order chi connectivity index (χ0) is 12.6. The van der Waals surface area contributed by atoms with Crippen LogP contribution in [0.25, 0.3) is 0 Å². The van der Waals surface area contributed by atoms with Crippen LogP contribution in [0.3, 0.4) is 0 Å². The number of urea groups is 1. The van der Waals surface area contributed by atoms with Gasteiger partial charge in [-0.05, 0) is 11.8 Å². The molecule has 0 aromatic rings. The van der Waals surface area contributed by atoms with Gasteiger partial charge in [0.15, 0.2) is 0 Å². The van der Waals surface area contributed by atoms with Crippen molar-refractivity contribution in [2.45, 2.75) is 11.9 Å². The van der Waals surface area contributed by atoms with Gasteiger partial charge in [0.05, 0.1) is 6.42 Å². The summed E-state index contributed by atoms with van der Waals surface area (Å²) in [6.45, 7) is -0.198. The summed E-state index contributed by atoms with van der Waals surface area (Å²) in [7, 11) is 0. The maximum atomic E-state index is 11.6. The Balaban J connectivity index is 3.41. The van der Waals surface area contributed by atoms with E-state index in [1.54, 1.807) is 0 Å². The number of thioether (sulfide) groups is 1. The lowest BCUT2D eigenvalue weighted by Gasteiger charge is -2.07. The minimum atomic E-state index is -4.30. The molecule has 5 nitrogen and oxygen atoms in total. The number of hydrogen-bond acceptors (Lipinski definition) is 3. The fourth-order valence-corrected chi connectivity index (χ4v) is 1.11. The van der Waals surface area contributed by atoms with Gasteiger partial charge in [-0.15, -0.1) is 0 Å². The fourth-order valence-electron chi connectivity index (χ4n) is 0.677. The van der Waals surface area contributed by atoms with Crippen LogP contribution >= 0.6 is 11.8 Å². The van der Waals surface area contributed by atoms with Crippen LogP contribution in [-0.2, 0) is 4.79 Å². The van der Waals surface area contributed by atoms with Gasteiger partial charge in [0, 0.05) is 18.8 Å². The van der Waals surface area contributed by atoms with E-state index < -0.39 is 17.5 Å². The molecule has 0 aliphatic heterocycles. The third kappa shape index (κ3) is 11.0. The molecule has 2 amide bonds. The van der Waals surface area contributed by atoms with Crippen LogP contribution in [0.15, 0.2) is 0 Å². The molecule has 3 N–H and O–H groups in total. The van der Waals surface area contributed by atoms with Gasteiger partial charge in [-0.2, -0.15) is 13.2 Å². The van der Waals surface area contributed by atoms with Crippen molar-refractivity contribution in [2.24, 2.45) is 0 Å². The van der Waals surface area contributed by atoms with E-state index in [0.29, 0.717) is 0 Å². The van der Waals surface area contributed by atoms with Gasteiger partial charge in [0.2, 0.25) is 0 Å². The Labute approximate surface area is 93.8 Å². The molecule has 0 rings (SSSR count). The van der Waals surface area contributed by atoms with Crippen molar-refractivity contribution in [1.82, 2.24) is 10.6 Å². The Morgan fingerprint density at radius 1 is 1.19 bits per heavy atom. The van der Waals surface area contributed by atoms with Gasteiger partial charge >= 0.3 is 17.5 Å². The van der Waals surface area contributed by atoms with Gasteiger partial charge in [-0.1, -0.05) is 0 Å². The number of amides is 2. The third-order valence-electron chi connectivity index (χ3n) is 1.28. The minimum absolute atomic E-state index is 0.0619. The summed E-state index contributed by atoms with van der Waals surface area (Å²) in [5.41, 5.74) is -4.30. The van der Waals surface area contributed by atoms with Crippen molar-refractivity contribution in [3.05, 3.63) is 0 Å². The second-order valence-corrected chi connectivity index (χ2v) is 3.78. The monoisotopic (exact) mass is 260 g/mol. The fraction of sp³-hybridized carbons (Fsp3) is 0.714. The van der Waals surface area contributed by atoms with Crippen LogP contribution in [0.2, 0.25) is 0 Å². The lowest BCUT2D eigenvalue weighted by Crippen LogP contribution is -2.37. The first-order valence-corrected chi connectivity index (χ1v) is 5.24. The highest BCUT2D eigenvalue weighted by atomic mass is 32.2. The maximum absolute atomic E-state index is 11.6. The molecular weight excluding hydrogens is 249 g/mol. The molecule has 0 spiro atoms. The van der Waals surface area contributed by atoms with Crippen LogP contribution in [-0.4, -0.2) is 41.5 Å². The molecule has 16 heavy (non-hydrogen) atoms. The summed E-state index contributed by atoms with van der Waals surface area (Å²) in [4.78, 5) is 20.9. The second kappa shape index (κ2) is 7.20. The Hall–Kier alpha value is -1.12. The summed E-state index contributed by atoms with van der Waals surface area (Å²) in [6.07, 6.45) is -0.231. The molecule has 0 atom stereocenters. The molecule has 0 fully saturated rings. The first-order valence-electron chi connectivity index (χ1n) is 4.25. The molecule has 0 bridgehead atoms.